The molecule has 186 valence electrons. The maximum atomic E-state index is 13.6. The summed E-state index contributed by atoms with van der Waals surface area (Å²) < 4.78 is 5.25. The molecule has 1 saturated heterocycles. The Morgan fingerprint density at radius 1 is 1.06 bits per heavy atom. The average molecular weight is 486 g/mol. The molecular formula is C28H31N5O3. The number of ether oxygens (including phenoxy) is 1. The van der Waals surface area contributed by atoms with Crippen LogP contribution in [0.1, 0.15) is 63.6 Å². The number of aryl methyl sites for hydroxylation is 1. The number of carbonyl (C=O) groups excluding carboxylic acids is 2. The minimum atomic E-state index is -0.236. The molecule has 2 aliphatic rings. The van der Waals surface area contributed by atoms with Crippen LogP contribution in [0.3, 0.4) is 0 Å². The molecule has 1 fully saturated rings. The van der Waals surface area contributed by atoms with Crippen LogP contribution in [0.2, 0.25) is 0 Å². The van der Waals surface area contributed by atoms with Crippen molar-refractivity contribution in [3.8, 4) is 5.88 Å². The Morgan fingerprint density at radius 2 is 1.92 bits per heavy atom. The lowest BCUT2D eigenvalue weighted by Crippen LogP contribution is -2.52. The van der Waals surface area contributed by atoms with Crippen LogP contribution in [0.15, 0.2) is 60.9 Å². The summed E-state index contributed by atoms with van der Waals surface area (Å²) in [4.78, 5) is 39.3. The summed E-state index contributed by atoms with van der Waals surface area (Å²) in [7, 11) is 3.37. The lowest BCUT2D eigenvalue weighted by atomic mass is 10.0. The standard InChI is InChI=1S/C28H31N5O3/c1-32(25-10-4-6-17-33(25)24-9-3-5-15-29-24)28(35)20-12-11-19-13-14-23(22(19)18-20)31-26(34)21-8-7-16-30-27(21)36-2/h3,5,7-9,11-12,15-16,18,23,25H,4,6,10,13-14,17H2,1-2H3,(H,31,34)/t23-,25?/m1/s1. The van der Waals surface area contributed by atoms with Crippen LogP contribution < -0.4 is 15.0 Å². The summed E-state index contributed by atoms with van der Waals surface area (Å²) in [5.41, 5.74) is 3.18. The molecule has 36 heavy (non-hydrogen) atoms. The van der Waals surface area contributed by atoms with Crippen molar-refractivity contribution in [2.45, 2.75) is 44.3 Å². The molecule has 1 aliphatic heterocycles. The first kappa shape index (κ1) is 23.8. The molecule has 8 nitrogen and oxygen atoms in total. The fourth-order valence-corrected chi connectivity index (χ4v) is 5.29. The lowest BCUT2D eigenvalue weighted by Gasteiger charge is -2.41. The molecule has 1 unspecified atom stereocenters. The van der Waals surface area contributed by atoms with Gasteiger partial charge in [-0.25, -0.2) is 9.97 Å². The molecule has 0 spiro atoms. The molecule has 0 saturated carbocycles. The minimum absolute atomic E-state index is 0.0310. The number of hydrogen-bond acceptors (Lipinski definition) is 6. The first-order valence-electron chi connectivity index (χ1n) is 12.4. The lowest BCUT2D eigenvalue weighted by molar-refractivity contribution is 0.0704. The van der Waals surface area contributed by atoms with Gasteiger partial charge in [0.2, 0.25) is 5.88 Å². The third-order valence-corrected chi connectivity index (χ3v) is 7.17. The number of carbonyl (C=O) groups is 2. The number of nitrogens with zero attached hydrogens (tertiary/aromatic N) is 4. The van der Waals surface area contributed by atoms with Gasteiger partial charge in [-0.05, 0) is 79.6 Å². The molecule has 3 heterocycles. The fourth-order valence-electron chi connectivity index (χ4n) is 5.29. The fraction of sp³-hybridized carbons (Fsp3) is 0.357. The number of anilines is 1. The molecule has 2 aromatic heterocycles. The number of piperidine rings is 1. The van der Waals surface area contributed by atoms with Gasteiger partial charge in [0.15, 0.2) is 0 Å². The van der Waals surface area contributed by atoms with Crippen LogP contribution >= 0.6 is 0 Å². The van der Waals surface area contributed by atoms with E-state index < -0.39 is 0 Å². The SMILES string of the molecule is COc1ncccc1C(=O)N[C@@H]1CCc2ccc(C(=O)N(C)C3CCCCN3c3ccccn3)cc21. The van der Waals surface area contributed by atoms with E-state index in [4.69, 9.17) is 4.74 Å². The monoisotopic (exact) mass is 485 g/mol. The average Bonchev–Trinajstić information content (AvgIpc) is 3.34. The van der Waals surface area contributed by atoms with Crippen LogP contribution in [0, 0.1) is 0 Å². The third kappa shape index (κ3) is 4.63. The van der Waals surface area contributed by atoms with E-state index in [-0.39, 0.29) is 24.0 Å². The third-order valence-electron chi connectivity index (χ3n) is 7.17. The summed E-state index contributed by atoms with van der Waals surface area (Å²) in [5, 5.41) is 3.11. The second kappa shape index (κ2) is 10.4. The van der Waals surface area contributed by atoms with Gasteiger partial charge < -0.3 is 19.9 Å². The van der Waals surface area contributed by atoms with Gasteiger partial charge in [-0.15, -0.1) is 0 Å². The number of rotatable bonds is 6. The van der Waals surface area contributed by atoms with E-state index in [1.54, 1.807) is 24.5 Å². The van der Waals surface area contributed by atoms with Crippen molar-refractivity contribution in [2.75, 3.05) is 25.6 Å². The van der Waals surface area contributed by atoms with E-state index in [9.17, 15) is 9.59 Å². The number of methoxy groups -OCH3 is 1. The molecule has 1 aromatic carbocycles. The number of aromatic nitrogens is 2. The van der Waals surface area contributed by atoms with Crippen molar-refractivity contribution in [1.82, 2.24) is 20.2 Å². The highest BCUT2D eigenvalue weighted by molar-refractivity contribution is 5.97. The van der Waals surface area contributed by atoms with E-state index >= 15 is 0 Å². The predicted octanol–water partition coefficient (Wildman–Crippen LogP) is 3.99. The Hall–Kier alpha value is -3.94. The van der Waals surface area contributed by atoms with Gasteiger partial charge in [-0.1, -0.05) is 12.1 Å². The van der Waals surface area contributed by atoms with Gasteiger partial charge in [0.1, 0.15) is 17.5 Å². The van der Waals surface area contributed by atoms with E-state index in [1.165, 1.54) is 7.11 Å². The Labute approximate surface area is 211 Å². The summed E-state index contributed by atoms with van der Waals surface area (Å²) in [6.07, 6.45) is 8.02. The number of pyridine rings is 2. The Bertz CT molecular complexity index is 1250. The van der Waals surface area contributed by atoms with Gasteiger partial charge in [-0.3, -0.25) is 9.59 Å². The smallest absolute Gasteiger partial charge is 0.257 e. The molecule has 2 atom stereocenters. The molecule has 8 heteroatoms. The van der Waals surface area contributed by atoms with E-state index in [0.717, 1.165) is 55.6 Å². The first-order valence-corrected chi connectivity index (χ1v) is 12.4. The van der Waals surface area contributed by atoms with Crippen LogP contribution in [0.25, 0.3) is 0 Å². The molecule has 5 rings (SSSR count). The minimum Gasteiger partial charge on any atom is -0.480 e. The zero-order valence-corrected chi connectivity index (χ0v) is 20.7. The second-order valence-electron chi connectivity index (χ2n) is 9.31. The van der Waals surface area contributed by atoms with Crippen LogP contribution in [-0.2, 0) is 6.42 Å². The molecule has 0 radical (unpaired) electrons. The number of hydrogen-bond donors (Lipinski definition) is 1. The summed E-state index contributed by atoms with van der Waals surface area (Å²) in [6.45, 7) is 0.870. The van der Waals surface area contributed by atoms with Gasteiger partial charge >= 0.3 is 0 Å². The maximum Gasteiger partial charge on any atom is 0.257 e. The number of nitrogens with one attached hydrogen (secondary N) is 1. The number of amides is 2. The molecule has 3 aromatic rings. The highest BCUT2D eigenvalue weighted by Crippen LogP contribution is 2.33. The van der Waals surface area contributed by atoms with Gasteiger partial charge in [0.25, 0.3) is 11.8 Å². The predicted molar refractivity (Wildman–Crippen MR) is 137 cm³/mol. The first-order chi connectivity index (χ1) is 17.6. The van der Waals surface area contributed by atoms with Crippen molar-refractivity contribution in [1.29, 1.82) is 0 Å². The van der Waals surface area contributed by atoms with Crippen LogP contribution in [0.5, 0.6) is 5.88 Å². The van der Waals surface area contributed by atoms with Gasteiger partial charge in [-0.2, -0.15) is 0 Å². The number of benzene rings is 1. The summed E-state index contributed by atoms with van der Waals surface area (Å²) in [6, 6.07) is 15.0. The van der Waals surface area contributed by atoms with E-state index in [1.807, 2.05) is 48.3 Å². The highest BCUT2D eigenvalue weighted by atomic mass is 16.5. The van der Waals surface area contributed by atoms with E-state index in [2.05, 4.69) is 20.2 Å². The van der Waals surface area contributed by atoms with Crippen molar-refractivity contribution < 1.29 is 14.3 Å². The Balaban J connectivity index is 1.35. The molecule has 0 bridgehead atoms. The highest BCUT2D eigenvalue weighted by Gasteiger charge is 2.32. The molecule has 2 amide bonds. The normalized spacial score (nSPS) is 18.9. The maximum absolute atomic E-state index is 13.6. The largest absolute Gasteiger partial charge is 0.480 e. The summed E-state index contributed by atoms with van der Waals surface area (Å²) in [5.74, 6) is 0.921. The Kier molecular flexibility index (Phi) is 6.84. The van der Waals surface area contributed by atoms with Crippen molar-refractivity contribution in [3.05, 3.63) is 83.2 Å². The summed E-state index contributed by atoms with van der Waals surface area (Å²) >= 11 is 0. The molecule has 1 aliphatic carbocycles. The number of fused-ring (bicyclic) bond motifs is 1. The van der Waals surface area contributed by atoms with Crippen molar-refractivity contribution in [3.63, 3.8) is 0 Å². The Morgan fingerprint density at radius 3 is 2.72 bits per heavy atom. The molecular weight excluding hydrogens is 454 g/mol. The van der Waals surface area contributed by atoms with Crippen LogP contribution in [0.4, 0.5) is 5.82 Å². The van der Waals surface area contributed by atoms with E-state index in [0.29, 0.717) is 17.0 Å². The quantitative estimate of drug-likeness (QED) is 0.568. The topological polar surface area (TPSA) is 87.7 Å². The molecule has 1 N–H and O–H groups in total. The van der Waals surface area contributed by atoms with Gasteiger partial charge in [0.05, 0.1) is 13.2 Å². The zero-order valence-electron chi connectivity index (χ0n) is 20.7. The van der Waals surface area contributed by atoms with Crippen molar-refractivity contribution >= 4 is 17.6 Å². The zero-order chi connectivity index (χ0) is 25.1. The van der Waals surface area contributed by atoms with Crippen molar-refractivity contribution in [2.24, 2.45) is 0 Å². The second-order valence-corrected chi connectivity index (χ2v) is 9.31. The van der Waals surface area contributed by atoms with Gasteiger partial charge in [0, 0.05) is 31.5 Å². The van der Waals surface area contributed by atoms with Crippen LogP contribution in [-0.4, -0.2) is 53.6 Å².